The van der Waals surface area contributed by atoms with Crippen LogP contribution in [0.15, 0.2) is 87.1 Å². The molecule has 0 aliphatic carbocycles. The maximum Gasteiger partial charge on any atom is 0.416 e. The number of rotatable bonds is 4. The van der Waals surface area contributed by atoms with Crippen molar-refractivity contribution in [2.24, 2.45) is 4.99 Å². The summed E-state index contributed by atoms with van der Waals surface area (Å²) < 4.78 is 67.1. The second-order valence-electron chi connectivity index (χ2n) is 9.00. The zero-order chi connectivity index (χ0) is 28.1. The van der Waals surface area contributed by atoms with Crippen LogP contribution >= 0.6 is 11.8 Å². The van der Waals surface area contributed by atoms with E-state index in [9.17, 15) is 18.0 Å². The molecule has 1 saturated heterocycles. The average Bonchev–Trinajstić information content (AvgIpc) is 3.76. The first-order chi connectivity index (χ1) is 19.8. The van der Waals surface area contributed by atoms with Crippen LogP contribution < -0.4 is 23.8 Å². The molecule has 3 aliphatic heterocycles. The summed E-state index contributed by atoms with van der Waals surface area (Å²) in [6.07, 6.45) is -2.95. The molecule has 206 valence electrons. The number of hydrogen-bond donors (Lipinski definition) is 0. The number of amides is 1. The van der Waals surface area contributed by atoms with E-state index < -0.39 is 11.7 Å². The second-order valence-corrected chi connectivity index (χ2v) is 10.0. The molecule has 0 N–H and O–H groups in total. The van der Waals surface area contributed by atoms with Gasteiger partial charge in [0.1, 0.15) is 11.5 Å². The Balaban J connectivity index is 1.24. The lowest BCUT2D eigenvalue weighted by Crippen LogP contribution is -2.28. The molecule has 8 nitrogen and oxygen atoms in total. The average molecular weight is 579 g/mol. The molecule has 1 fully saturated rings. The smallest absolute Gasteiger partial charge is 0.416 e. The molecule has 4 heterocycles. The van der Waals surface area contributed by atoms with Gasteiger partial charge >= 0.3 is 6.18 Å². The Hall–Kier alpha value is -4.84. The van der Waals surface area contributed by atoms with Crippen LogP contribution in [0.25, 0.3) is 17.4 Å². The van der Waals surface area contributed by atoms with E-state index in [0.717, 1.165) is 23.9 Å². The molecule has 0 saturated carbocycles. The van der Waals surface area contributed by atoms with E-state index in [2.05, 4.69) is 0 Å². The van der Waals surface area contributed by atoms with E-state index in [1.54, 1.807) is 48.5 Å². The summed E-state index contributed by atoms with van der Waals surface area (Å²) in [7, 11) is 0. The molecule has 3 aliphatic rings. The number of hydrogen-bond acceptors (Lipinski definition) is 8. The lowest BCUT2D eigenvalue weighted by molar-refractivity contribution is -0.137. The van der Waals surface area contributed by atoms with Gasteiger partial charge in [0, 0.05) is 23.8 Å². The number of carbonyl (C=O) groups is 1. The molecule has 7 rings (SSSR count). The summed E-state index contributed by atoms with van der Waals surface area (Å²) in [5, 5.41) is 0.364. The summed E-state index contributed by atoms with van der Waals surface area (Å²) >= 11 is 1.12. The topological polar surface area (TPSA) is 82.7 Å². The van der Waals surface area contributed by atoms with Crippen molar-refractivity contribution in [1.29, 1.82) is 0 Å². The van der Waals surface area contributed by atoms with Gasteiger partial charge in [0.15, 0.2) is 28.2 Å². The van der Waals surface area contributed by atoms with Gasteiger partial charge in [-0.05, 0) is 60.3 Å². The fraction of sp³-hybridized carbons (Fsp3) is 0.103. The zero-order valence-electron chi connectivity index (χ0n) is 20.8. The third kappa shape index (κ3) is 4.76. The lowest BCUT2D eigenvalue weighted by atomic mass is 10.1. The Bertz CT molecular complexity index is 1760. The number of carbonyl (C=O) groups excluding carboxylic acids is 1. The molecular weight excluding hydrogens is 561 g/mol. The number of halogens is 3. The van der Waals surface area contributed by atoms with Gasteiger partial charge in [0.05, 0.1) is 21.8 Å². The van der Waals surface area contributed by atoms with Crippen molar-refractivity contribution in [3.8, 4) is 34.3 Å². The van der Waals surface area contributed by atoms with Crippen molar-refractivity contribution >= 4 is 40.3 Å². The highest BCUT2D eigenvalue weighted by Crippen LogP contribution is 2.43. The van der Waals surface area contributed by atoms with Crippen molar-refractivity contribution < 1.29 is 41.3 Å². The van der Waals surface area contributed by atoms with Crippen molar-refractivity contribution in [1.82, 2.24) is 0 Å². The van der Waals surface area contributed by atoms with Gasteiger partial charge in [-0.25, -0.2) is 4.99 Å². The molecule has 1 aromatic heterocycles. The van der Waals surface area contributed by atoms with Crippen molar-refractivity contribution in [3.63, 3.8) is 0 Å². The SMILES string of the molecule is O=C1/C(=C/c2ccc(-c3cccc(C(F)(F)F)c3)o2)SC(=Nc2ccc3c(c2)OCO3)N1c1ccc2c(c1)OCO2. The molecule has 0 radical (unpaired) electrons. The van der Waals surface area contributed by atoms with Gasteiger partial charge in [-0.2, -0.15) is 13.2 Å². The van der Waals surface area contributed by atoms with Crippen LogP contribution in [0.5, 0.6) is 23.0 Å². The van der Waals surface area contributed by atoms with Crippen molar-refractivity contribution in [3.05, 3.63) is 89.0 Å². The van der Waals surface area contributed by atoms with Crippen molar-refractivity contribution in [2.75, 3.05) is 18.5 Å². The number of amidine groups is 1. The van der Waals surface area contributed by atoms with Crippen LogP contribution in [0.4, 0.5) is 24.5 Å². The highest BCUT2D eigenvalue weighted by molar-refractivity contribution is 8.19. The van der Waals surface area contributed by atoms with Gasteiger partial charge < -0.3 is 23.4 Å². The zero-order valence-corrected chi connectivity index (χ0v) is 21.6. The monoisotopic (exact) mass is 578 g/mol. The first-order valence-corrected chi connectivity index (χ1v) is 13.0. The van der Waals surface area contributed by atoms with E-state index in [4.69, 9.17) is 28.4 Å². The Morgan fingerprint density at radius 3 is 2.34 bits per heavy atom. The quantitative estimate of drug-likeness (QED) is 0.236. The first kappa shape index (κ1) is 25.1. The summed E-state index contributed by atoms with van der Waals surface area (Å²) in [6.45, 7) is 0.196. The molecule has 1 amide bonds. The number of thioether (sulfide) groups is 1. The van der Waals surface area contributed by atoms with Crippen LogP contribution in [0.2, 0.25) is 0 Å². The fourth-order valence-electron chi connectivity index (χ4n) is 4.43. The largest absolute Gasteiger partial charge is 0.457 e. The molecule has 41 heavy (non-hydrogen) atoms. The number of nitrogens with zero attached hydrogens (tertiary/aromatic N) is 2. The number of benzene rings is 3. The molecular formula is C29H17F3N2O6S. The summed E-state index contributed by atoms with van der Waals surface area (Å²) in [5.74, 6) is 2.37. The molecule has 0 unspecified atom stereocenters. The molecule has 0 atom stereocenters. The van der Waals surface area contributed by atoms with E-state index in [-0.39, 0.29) is 30.8 Å². The standard InChI is InChI=1S/C29H17F3N2O6S/c30-29(31,32)17-3-1-2-16(10-17)21-9-6-20(40-21)13-26-27(35)34(19-5-8-23-25(12-19)39-15-37-23)28(41-26)33-18-4-7-22-24(11-18)38-14-36-22/h1-13H,14-15H2/b26-13-,33-28?. The van der Waals surface area contributed by atoms with Gasteiger partial charge in [0.2, 0.25) is 13.6 Å². The van der Waals surface area contributed by atoms with Crippen LogP contribution in [0, 0.1) is 0 Å². The molecule has 4 aromatic rings. The summed E-state index contributed by atoms with van der Waals surface area (Å²) in [6, 6.07) is 18.3. The third-order valence-corrected chi connectivity index (χ3v) is 7.35. The minimum atomic E-state index is -4.48. The first-order valence-electron chi connectivity index (χ1n) is 12.2. The van der Waals surface area contributed by atoms with Crippen LogP contribution in [-0.4, -0.2) is 24.7 Å². The molecule has 12 heteroatoms. The summed E-state index contributed by atoms with van der Waals surface area (Å²) in [5.41, 5.74) is 0.540. The minimum Gasteiger partial charge on any atom is -0.457 e. The minimum absolute atomic E-state index is 0.0808. The molecule has 0 bridgehead atoms. The fourth-order valence-corrected chi connectivity index (χ4v) is 5.41. The maximum atomic E-state index is 13.7. The number of aliphatic imine (C=N–C) groups is 1. The molecule has 3 aromatic carbocycles. The number of anilines is 1. The lowest BCUT2D eigenvalue weighted by Gasteiger charge is -2.16. The van der Waals surface area contributed by atoms with Crippen LogP contribution in [-0.2, 0) is 11.0 Å². The van der Waals surface area contributed by atoms with Crippen molar-refractivity contribution in [2.45, 2.75) is 6.18 Å². The Morgan fingerprint density at radius 2 is 1.56 bits per heavy atom. The normalized spacial score (nSPS) is 17.7. The number of furan rings is 1. The van der Waals surface area contributed by atoms with Gasteiger partial charge in [-0.1, -0.05) is 12.1 Å². The Labute approximate surface area is 234 Å². The third-order valence-electron chi connectivity index (χ3n) is 6.38. The number of alkyl halides is 3. The Morgan fingerprint density at radius 1 is 0.829 bits per heavy atom. The van der Waals surface area contributed by atoms with E-state index in [1.165, 1.54) is 23.1 Å². The van der Waals surface area contributed by atoms with Crippen LogP contribution in [0.3, 0.4) is 0 Å². The van der Waals surface area contributed by atoms with Gasteiger partial charge in [-0.3, -0.25) is 9.69 Å². The predicted molar refractivity (Wildman–Crippen MR) is 144 cm³/mol. The van der Waals surface area contributed by atoms with E-state index >= 15 is 0 Å². The van der Waals surface area contributed by atoms with E-state index in [1.807, 2.05) is 0 Å². The Kier molecular flexibility index (Phi) is 5.93. The molecule has 0 spiro atoms. The highest BCUT2D eigenvalue weighted by atomic mass is 32.2. The highest BCUT2D eigenvalue weighted by Gasteiger charge is 2.36. The number of fused-ring (bicyclic) bond motifs is 2. The van der Waals surface area contributed by atoms with E-state index in [0.29, 0.717) is 50.2 Å². The van der Waals surface area contributed by atoms with Gasteiger partial charge in [0.25, 0.3) is 5.91 Å². The summed E-state index contributed by atoms with van der Waals surface area (Å²) in [4.78, 5) is 20.2. The predicted octanol–water partition coefficient (Wildman–Crippen LogP) is 7.23. The van der Waals surface area contributed by atoms with Gasteiger partial charge in [-0.15, -0.1) is 0 Å². The number of ether oxygens (including phenoxy) is 4. The maximum absolute atomic E-state index is 13.7. The van der Waals surface area contributed by atoms with Crippen LogP contribution in [0.1, 0.15) is 11.3 Å². The second kappa shape index (κ2) is 9.66.